The van der Waals surface area contributed by atoms with Gasteiger partial charge in [-0.3, -0.25) is 4.79 Å². The van der Waals surface area contributed by atoms with Crippen LogP contribution in [0.25, 0.3) is 0 Å². The Kier molecular flexibility index (Phi) is 13.8. The van der Waals surface area contributed by atoms with E-state index in [0.717, 1.165) is 37.5 Å². The second-order valence-electron chi connectivity index (χ2n) is 14.0. The summed E-state index contributed by atoms with van der Waals surface area (Å²) >= 11 is 0. The van der Waals surface area contributed by atoms with Gasteiger partial charge < -0.3 is 40.1 Å². The van der Waals surface area contributed by atoms with E-state index in [4.69, 9.17) is 14.2 Å². The molecule has 0 bridgehead atoms. The van der Waals surface area contributed by atoms with Crippen molar-refractivity contribution in [2.24, 2.45) is 11.8 Å². The second-order valence-corrected chi connectivity index (χ2v) is 14.0. The lowest BCUT2D eigenvalue weighted by molar-refractivity contribution is -0.281. The molecule has 1 saturated heterocycles. The molecule has 2 saturated carbocycles. The summed E-state index contributed by atoms with van der Waals surface area (Å²) in [7, 11) is 0. The van der Waals surface area contributed by atoms with E-state index < -0.39 is 37.3 Å². The summed E-state index contributed by atoms with van der Waals surface area (Å²) in [5, 5.41) is 41.9. The van der Waals surface area contributed by atoms with Crippen LogP contribution in [0.15, 0.2) is 0 Å². The fourth-order valence-corrected chi connectivity index (χ4v) is 7.48. The Bertz CT molecular complexity index is 775. The molecule has 6 N–H and O–H groups in total. The van der Waals surface area contributed by atoms with Crippen molar-refractivity contribution in [3.63, 3.8) is 0 Å². The summed E-state index contributed by atoms with van der Waals surface area (Å²) in [6, 6.07) is -1.04. The quantitative estimate of drug-likeness (QED) is 0.0962. The lowest BCUT2D eigenvalue weighted by Gasteiger charge is -2.41. The van der Waals surface area contributed by atoms with Crippen LogP contribution in [0.4, 0.5) is 0 Å². The predicted octanol–water partition coefficient (Wildman–Crippen LogP) is 3.57. The molecule has 3 fully saturated rings. The van der Waals surface area contributed by atoms with Crippen molar-refractivity contribution in [1.82, 2.24) is 10.8 Å². The van der Waals surface area contributed by atoms with Gasteiger partial charge in [-0.1, -0.05) is 44.9 Å². The summed E-state index contributed by atoms with van der Waals surface area (Å²) < 4.78 is 17.8. The summed E-state index contributed by atoms with van der Waals surface area (Å²) in [6.07, 6.45) is 10.7. The van der Waals surface area contributed by atoms with Gasteiger partial charge in [-0.05, 0) is 78.1 Å². The van der Waals surface area contributed by atoms with Crippen molar-refractivity contribution in [3.05, 3.63) is 0 Å². The monoisotopic (exact) mass is 586 g/mol. The molecular formula is C31H58N2O8. The number of hydrogen-bond acceptors (Lipinski definition) is 9. The van der Waals surface area contributed by atoms with Crippen LogP contribution in [0.5, 0.6) is 0 Å². The van der Waals surface area contributed by atoms with Crippen molar-refractivity contribution in [2.45, 2.75) is 165 Å². The zero-order chi connectivity index (χ0) is 30.0. The van der Waals surface area contributed by atoms with E-state index in [2.05, 4.69) is 33.0 Å². The van der Waals surface area contributed by atoms with E-state index in [1.165, 1.54) is 44.9 Å². The molecule has 0 spiro atoms. The molecule has 41 heavy (non-hydrogen) atoms. The number of rotatable bonds is 15. The summed E-state index contributed by atoms with van der Waals surface area (Å²) in [5.41, 5.74) is 1.20. The molecule has 0 aromatic carbocycles. The van der Waals surface area contributed by atoms with E-state index in [-0.39, 0.29) is 23.7 Å². The maximum absolute atomic E-state index is 12.7. The number of aliphatic hydroxyl groups excluding tert-OH is 3. The highest BCUT2D eigenvalue weighted by Crippen LogP contribution is 2.40. The molecule has 1 heterocycles. The smallest absolute Gasteiger partial charge is 0.220 e. The lowest BCUT2D eigenvalue weighted by atomic mass is 9.85. The molecule has 0 aromatic rings. The Morgan fingerprint density at radius 1 is 0.902 bits per heavy atom. The van der Waals surface area contributed by atoms with Crippen LogP contribution in [-0.4, -0.2) is 87.5 Å². The standard InChI is InChI=1S/C31H58N2O8/c1-30(2,20-31(3,4)41-23-14-10-13-22(16-17-23)21-11-7-8-12-21)32-25(35)15-6-5-9-18-39-29-26(33-38)28(37)27(36)24(19-34)40-29/h21-24,26-29,33-34,36-38H,5-20H2,1-4H3,(H,32,35). The highest BCUT2D eigenvalue weighted by molar-refractivity contribution is 5.76. The first kappa shape index (κ1) is 34.6. The van der Waals surface area contributed by atoms with Gasteiger partial charge in [0.1, 0.15) is 24.4 Å². The first-order valence-electron chi connectivity index (χ1n) is 16.1. The largest absolute Gasteiger partial charge is 0.394 e. The van der Waals surface area contributed by atoms with Crippen molar-refractivity contribution >= 4 is 5.91 Å². The van der Waals surface area contributed by atoms with Gasteiger partial charge in [0, 0.05) is 18.6 Å². The van der Waals surface area contributed by atoms with Gasteiger partial charge in [0.05, 0.1) is 18.3 Å². The highest BCUT2D eigenvalue weighted by atomic mass is 16.7. The number of aliphatic hydroxyl groups is 3. The molecule has 7 atom stereocenters. The van der Waals surface area contributed by atoms with Gasteiger partial charge in [-0.15, -0.1) is 0 Å². The normalized spacial score (nSPS) is 32.1. The van der Waals surface area contributed by atoms with Crippen LogP contribution in [0.1, 0.15) is 118 Å². The maximum atomic E-state index is 12.7. The fraction of sp³-hybridized carbons (Fsp3) is 0.968. The average molecular weight is 587 g/mol. The zero-order valence-electron chi connectivity index (χ0n) is 25.9. The Labute approximate surface area is 246 Å². The average Bonchev–Trinajstić information content (AvgIpc) is 3.34. The summed E-state index contributed by atoms with van der Waals surface area (Å²) in [5.74, 6) is 1.84. The molecule has 2 aliphatic carbocycles. The van der Waals surface area contributed by atoms with Crippen molar-refractivity contribution in [1.29, 1.82) is 0 Å². The minimum Gasteiger partial charge on any atom is -0.394 e. The number of hydrogen-bond donors (Lipinski definition) is 6. The molecule has 240 valence electrons. The van der Waals surface area contributed by atoms with Crippen LogP contribution in [0, 0.1) is 11.8 Å². The maximum Gasteiger partial charge on any atom is 0.220 e. The van der Waals surface area contributed by atoms with Crippen molar-refractivity contribution in [3.8, 4) is 0 Å². The van der Waals surface area contributed by atoms with Gasteiger partial charge in [-0.2, -0.15) is 5.48 Å². The van der Waals surface area contributed by atoms with Gasteiger partial charge in [-0.25, -0.2) is 0 Å². The topological polar surface area (TPSA) is 150 Å². The van der Waals surface area contributed by atoms with Gasteiger partial charge in [0.2, 0.25) is 5.91 Å². The SMILES string of the molecule is CC(C)(CC(C)(C)OC1CCCC(C2CCCC2)CC1)NC(=O)CCCCCOC1OC(CO)C(O)C(O)C1NO. The zero-order valence-corrected chi connectivity index (χ0v) is 25.9. The first-order chi connectivity index (χ1) is 19.4. The molecule has 7 unspecified atom stereocenters. The molecule has 1 aliphatic heterocycles. The number of carbonyl (C=O) groups is 1. The Morgan fingerprint density at radius 2 is 1.59 bits per heavy atom. The Balaban J connectivity index is 1.32. The number of carbonyl (C=O) groups excluding carboxylic acids is 1. The molecular weight excluding hydrogens is 528 g/mol. The molecule has 3 rings (SSSR count). The number of amides is 1. The van der Waals surface area contributed by atoms with E-state index in [1.54, 1.807) is 0 Å². The van der Waals surface area contributed by atoms with Crippen LogP contribution >= 0.6 is 0 Å². The number of hydroxylamine groups is 1. The molecule has 0 aromatic heterocycles. The summed E-state index contributed by atoms with van der Waals surface area (Å²) in [4.78, 5) is 12.7. The molecule has 1 amide bonds. The first-order valence-corrected chi connectivity index (χ1v) is 16.1. The molecule has 3 aliphatic rings. The van der Waals surface area contributed by atoms with E-state index in [9.17, 15) is 25.3 Å². The van der Waals surface area contributed by atoms with Crippen LogP contribution in [0.2, 0.25) is 0 Å². The number of nitrogens with one attached hydrogen (secondary N) is 2. The van der Waals surface area contributed by atoms with E-state index in [1.807, 2.05) is 5.48 Å². The second kappa shape index (κ2) is 16.3. The highest BCUT2D eigenvalue weighted by Gasteiger charge is 2.44. The minimum atomic E-state index is -1.35. The van der Waals surface area contributed by atoms with Gasteiger partial charge >= 0.3 is 0 Å². The molecule has 0 radical (unpaired) electrons. The van der Waals surface area contributed by atoms with E-state index >= 15 is 0 Å². The van der Waals surface area contributed by atoms with E-state index in [0.29, 0.717) is 25.4 Å². The van der Waals surface area contributed by atoms with Crippen molar-refractivity contribution in [2.75, 3.05) is 13.2 Å². The number of ether oxygens (including phenoxy) is 3. The third-order valence-electron chi connectivity index (χ3n) is 9.22. The minimum absolute atomic E-state index is 0.0173. The molecule has 10 nitrogen and oxygen atoms in total. The predicted molar refractivity (Wildman–Crippen MR) is 155 cm³/mol. The van der Waals surface area contributed by atoms with Gasteiger partial charge in [0.15, 0.2) is 6.29 Å². The van der Waals surface area contributed by atoms with Crippen LogP contribution in [-0.2, 0) is 19.0 Å². The fourth-order valence-electron chi connectivity index (χ4n) is 7.48. The third kappa shape index (κ3) is 11.0. The van der Waals surface area contributed by atoms with Gasteiger partial charge in [0.25, 0.3) is 0 Å². The third-order valence-corrected chi connectivity index (χ3v) is 9.22. The summed E-state index contributed by atoms with van der Waals surface area (Å²) in [6.45, 7) is 8.23. The van der Waals surface area contributed by atoms with Crippen molar-refractivity contribution < 1.29 is 39.5 Å². The lowest BCUT2D eigenvalue weighted by Crippen LogP contribution is -2.63. The molecule has 10 heteroatoms. The van der Waals surface area contributed by atoms with Crippen LogP contribution in [0.3, 0.4) is 0 Å². The van der Waals surface area contributed by atoms with Crippen LogP contribution < -0.4 is 10.8 Å². The number of unbranched alkanes of at least 4 members (excludes halogenated alkanes) is 2. The Hall–Kier alpha value is -0.850. The Morgan fingerprint density at radius 3 is 2.27 bits per heavy atom.